The standard InChI is InChI=1S/C21H13F3N6OS/c1-10-2-3-12(18(31)28-20-30-29-19(32-20)21(22,23)24)6-14(10)11-4-5-13-15-8-25-9-26-17(15)27-16(13)7-11/h2-9H,1H3,(H,25,26,27)(H,28,30,31). The van der Waals surface area contributed by atoms with Crippen molar-refractivity contribution in [1.29, 1.82) is 0 Å². The highest BCUT2D eigenvalue weighted by Gasteiger charge is 2.35. The molecule has 3 heterocycles. The van der Waals surface area contributed by atoms with Crippen LogP contribution < -0.4 is 5.32 Å². The number of carbonyl (C=O) groups is 1. The van der Waals surface area contributed by atoms with Crippen molar-refractivity contribution >= 4 is 44.3 Å². The smallest absolute Gasteiger partial charge is 0.339 e. The van der Waals surface area contributed by atoms with Gasteiger partial charge in [-0.1, -0.05) is 29.5 Å². The number of nitrogens with zero attached hydrogens (tertiary/aromatic N) is 4. The summed E-state index contributed by atoms with van der Waals surface area (Å²) in [5.74, 6) is -0.571. The molecule has 11 heteroatoms. The van der Waals surface area contributed by atoms with Gasteiger partial charge in [-0.2, -0.15) is 13.2 Å². The summed E-state index contributed by atoms with van der Waals surface area (Å²) >= 11 is 0.276. The number of H-pyrrole nitrogens is 1. The second-order valence-electron chi connectivity index (χ2n) is 7.06. The lowest BCUT2D eigenvalue weighted by Crippen LogP contribution is -2.12. The third kappa shape index (κ3) is 3.56. The minimum atomic E-state index is -4.61. The van der Waals surface area contributed by atoms with Crippen molar-refractivity contribution in [2.24, 2.45) is 0 Å². The van der Waals surface area contributed by atoms with Crippen LogP contribution >= 0.6 is 11.3 Å². The number of fused-ring (bicyclic) bond motifs is 3. The maximum Gasteiger partial charge on any atom is 0.445 e. The van der Waals surface area contributed by atoms with Gasteiger partial charge in [0.15, 0.2) is 0 Å². The van der Waals surface area contributed by atoms with E-state index >= 15 is 0 Å². The number of halogens is 3. The van der Waals surface area contributed by atoms with Crippen LogP contribution in [0.15, 0.2) is 48.9 Å². The van der Waals surface area contributed by atoms with Gasteiger partial charge >= 0.3 is 6.18 Å². The van der Waals surface area contributed by atoms with Crippen molar-refractivity contribution in [3.05, 3.63) is 65.1 Å². The number of anilines is 1. The SMILES string of the molecule is Cc1ccc(C(=O)Nc2nnc(C(F)(F)F)s2)cc1-c1ccc2c(c1)[nH]c1ncncc12. The second kappa shape index (κ2) is 7.38. The topological polar surface area (TPSA) is 96.5 Å². The van der Waals surface area contributed by atoms with Gasteiger partial charge in [0.25, 0.3) is 5.91 Å². The molecule has 0 aliphatic heterocycles. The fourth-order valence-electron chi connectivity index (χ4n) is 3.44. The number of hydrogen-bond donors (Lipinski definition) is 2. The molecule has 160 valence electrons. The van der Waals surface area contributed by atoms with E-state index in [2.05, 4.69) is 30.5 Å². The predicted molar refractivity (Wildman–Crippen MR) is 114 cm³/mol. The van der Waals surface area contributed by atoms with E-state index in [0.29, 0.717) is 0 Å². The van der Waals surface area contributed by atoms with Gasteiger partial charge in [-0.3, -0.25) is 10.1 Å². The number of alkyl halides is 3. The van der Waals surface area contributed by atoms with Crippen LogP contribution in [0.25, 0.3) is 33.1 Å². The van der Waals surface area contributed by atoms with Gasteiger partial charge in [-0.05, 0) is 41.8 Å². The fourth-order valence-corrected chi connectivity index (χ4v) is 4.04. The van der Waals surface area contributed by atoms with E-state index in [9.17, 15) is 18.0 Å². The van der Waals surface area contributed by atoms with Gasteiger partial charge in [0.05, 0.1) is 0 Å². The Morgan fingerprint density at radius 2 is 1.94 bits per heavy atom. The predicted octanol–water partition coefficient (Wildman–Crippen LogP) is 5.21. The van der Waals surface area contributed by atoms with Gasteiger partial charge in [0, 0.05) is 28.0 Å². The molecule has 0 bridgehead atoms. The first-order valence-corrected chi connectivity index (χ1v) is 10.2. The molecule has 5 rings (SSSR count). The second-order valence-corrected chi connectivity index (χ2v) is 8.04. The number of carbonyl (C=O) groups excluding carboxylic acids is 1. The monoisotopic (exact) mass is 454 g/mol. The Morgan fingerprint density at radius 3 is 2.72 bits per heavy atom. The molecule has 0 saturated heterocycles. The summed E-state index contributed by atoms with van der Waals surface area (Å²) < 4.78 is 38.1. The molecule has 2 aromatic carbocycles. The van der Waals surface area contributed by atoms with E-state index in [1.807, 2.05) is 25.1 Å². The molecule has 0 spiro atoms. The summed E-state index contributed by atoms with van der Waals surface area (Å²) in [6, 6.07) is 10.9. The molecule has 0 aliphatic rings. The van der Waals surface area contributed by atoms with E-state index in [1.54, 1.807) is 24.4 Å². The summed E-state index contributed by atoms with van der Waals surface area (Å²) in [4.78, 5) is 24.2. The molecule has 2 N–H and O–H groups in total. The zero-order valence-electron chi connectivity index (χ0n) is 16.4. The summed E-state index contributed by atoms with van der Waals surface area (Å²) in [7, 11) is 0. The van der Waals surface area contributed by atoms with Gasteiger partial charge in [-0.25, -0.2) is 9.97 Å². The summed E-state index contributed by atoms with van der Waals surface area (Å²) in [6.45, 7) is 1.91. The third-order valence-electron chi connectivity index (χ3n) is 4.97. The van der Waals surface area contributed by atoms with E-state index in [4.69, 9.17) is 0 Å². The van der Waals surface area contributed by atoms with Crippen LogP contribution in [0.3, 0.4) is 0 Å². The molecule has 0 radical (unpaired) electrons. The number of nitrogens with one attached hydrogen (secondary N) is 2. The van der Waals surface area contributed by atoms with Crippen LogP contribution in [0.1, 0.15) is 20.9 Å². The zero-order valence-corrected chi connectivity index (χ0v) is 17.2. The Bertz CT molecular complexity index is 1490. The first-order chi connectivity index (χ1) is 15.3. The maximum atomic E-state index is 12.7. The first kappa shape index (κ1) is 20.1. The highest BCUT2D eigenvalue weighted by atomic mass is 32.1. The molecule has 0 unspecified atom stereocenters. The minimum absolute atomic E-state index is 0.218. The van der Waals surface area contributed by atoms with Crippen LogP contribution in [-0.2, 0) is 6.18 Å². The summed E-state index contributed by atoms with van der Waals surface area (Å²) in [5.41, 5.74) is 4.52. The van der Waals surface area contributed by atoms with E-state index < -0.39 is 17.1 Å². The van der Waals surface area contributed by atoms with Crippen LogP contribution in [-0.4, -0.2) is 31.1 Å². The average Bonchev–Trinajstić information content (AvgIpc) is 3.38. The van der Waals surface area contributed by atoms with Crippen molar-refractivity contribution in [3.8, 4) is 11.1 Å². The molecule has 32 heavy (non-hydrogen) atoms. The highest BCUT2D eigenvalue weighted by molar-refractivity contribution is 7.15. The van der Waals surface area contributed by atoms with Gasteiger partial charge in [0.2, 0.25) is 10.1 Å². The van der Waals surface area contributed by atoms with Gasteiger partial charge < -0.3 is 4.98 Å². The Balaban J connectivity index is 1.47. The Kier molecular flexibility index (Phi) is 4.63. The molecular weight excluding hydrogens is 441 g/mol. The Labute approximate surface area is 182 Å². The molecule has 0 aliphatic carbocycles. The summed E-state index contributed by atoms with van der Waals surface area (Å²) in [5, 5.41) is 9.42. The number of aryl methyl sites for hydroxylation is 1. The minimum Gasteiger partial charge on any atom is -0.339 e. The molecule has 0 atom stereocenters. The lowest BCUT2D eigenvalue weighted by Gasteiger charge is -2.09. The number of amides is 1. The molecule has 0 fully saturated rings. The largest absolute Gasteiger partial charge is 0.445 e. The number of aromatic nitrogens is 5. The van der Waals surface area contributed by atoms with Crippen molar-refractivity contribution in [2.45, 2.75) is 13.1 Å². The molecular formula is C21H13F3N6OS. The van der Waals surface area contributed by atoms with E-state index in [0.717, 1.165) is 38.6 Å². The van der Waals surface area contributed by atoms with E-state index in [-0.39, 0.29) is 22.0 Å². The quantitative estimate of drug-likeness (QED) is 0.390. The number of aromatic amines is 1. The van der Waals surface area contributed by atoms with Crippen LogP contribution in [0, 0.1) is 6.92 Å². The normalized spacial score (nSPS) is 11.9. The first-order valence-electron chi connectivity index (χ1n) is 9.34. The highest BCUT2D eigenvalue weighted by Crippen LogP contribution is 2.34. The number of benzene rings is 2. The average molecular weight is 454 g/mol. The summed E-state index contributed by atoms with van der Waals surface area (Å²) in [6.07, 6.45) is -1.39. The third-order valence-corrected chi connectivity index (χ3v) is 5.86. The lowest BCUT2D eigenvalue weighted by atomic mass is 9.97. The maximum absolute atomic E-state index is 12.7. The zero-order chi connectivity index (χ0) is 22.5. The van der Waals surface area contributed by atoms with Crippen molar-refractivity contribution in [1.82, 2.24) is 25.1 Å². The lowest BCUT2D eigenvalue weighted by molar-refractivity contribution is -0.138. The van der Waals surface area contributed by atoms with Crippen LogP contribution in [0.4, 0.5) is 18.3 Å². The molecule has 0 saturated carbocycles. The van der Waals surface area contributed by atoms with Crippen molar-refractivity contribution in [3.63, 3.8) is 0 Å². The fraction of sp³-hybridized carbons (Fsp3) is 0.0952. The van der Waals surface area contributed by atoms with Crippen LogP contribution in [0.2, 0.25) is 0 Å². The van der Waals surface area contributed by atoms with Crippen LogP contribution in [0.5, 0.6) is 0 Å². The molecule has 3 aromatic heterocycles. The van der Waals surface area contributed by atoms with Crippen molar-refractivity contribution in [2.75, 3.05) is 5.32 Å². The van der Waals surface area contributed by atoms with Gasteiger partial charge in [-0.15, -0.1) is 10.2 Å². The number of rotatable bonds is 3. The number of hydrogen-bond acceptors (Lipinski definition) is 6. The molecule has 5 aromatic rings. The van der Waals surface area contributed by atoms with Gasteiger partial charge in [0.1, 0.15) is 12.0 Å². The Morgan fingerprint density at radius 1 is 1.09 bits per heavy atom. The molecule has 1 amide bonds. The Hall–Kier alpha value is -3.86. The molecule has 7 nitrogen and oxygen atoms in total. The van der Waals surface area contributed by atoms with Crippen molar-refractivity contribution < 1.29 is 18.0 Å². The van der Waals surface area contributed by atoms with E-state index in [1.165, 1.54) is 6.33 Å².